The van der Waals surface area contributed by atoms with Gasteiger partial charge in [0.05, 0.1) is 11.3 Å². The molecule has 2 N–H and O–H groups in total. The van der Waals surface area contributed by atoms with Crippen molar-refractivity contribution in [3.05, 3.63) is 44.9 Å². The Bertz CT molecular complexity index is 703. The quantitative estimate of drug-likeness (QED) is 0.889. The highest BCUT2D eigenvalue weighted by molar-refractivity contribution is 9.10. The average Bonchev–Trinajstić information content (AvgIpc) is 2.34. The van der Waals surface area contributed by atoms with Crippen molar-refractivity contribution in [3.63, 3.8) is 0 Å². The lowest BCUT2D eigenvalue weighted by Gasteiger charge is -2.41. The number of pyridine rings is 1. The molecule has 0 radical (unpaired) electrons. The van der Waals surface area contributed by atoms with Crippen LogP contribution < -0.4 is 10.9 Å². The van der Waals surface area contributed by atoms with Crippen LogP contribution in [0.5, 0.6) is 0 Å². The molecule has 1 aliphatic carbocycles. The van der Waals surface area contributed by atoms with E-state index < -0.39 is 5.60 Å². The lowest BCUT2D eigenvalue weighted by Crippen LogP contribution is -2.51. The van der Waals surface area contributed by atoms with Crippen LogP contribution >= 0.6 is 15.9 Å². The summed E-state index contributed by atoms with van der Waals surface area (Å²) in [7, 11) is 0. The first kappa shape index (κ1) is 13.7. The molecule has 2 aromatic heterocycles. The molecule has 0 saturated heterocycles. The Morgan fingerprint density at radius 2 is 2.30 bits per heavy atom. The van der Waals surface area contributed by atoms with E-state index in [9.17, 15) is 9.90 Å². The van der Waals surface area contributed by atoms with E-state index in [1.807, 2.05) is 19.1 Å². The molecule has 2 heterocycles. The number of aromatic nitrogens is 2. The zero-order chi connectivity index (χ0) is 14.3. The molecular weight excluding hydrogens is 322 g/mol. The summed E-state index contributed by atoms with van der Waals surface area (Å²) in [6.07, 6.45) is 3.20. The molecular formula is C14H16BrN3O2. The summed E-state index contributed by atoms with van der Waals surface area (Å²) >= 11 is 3.34. The highest BCUT2D eigenvalue weighted by atomic mass is 79.9. The number of rotatable bonds is 3. The van der Waals surface area contributed by atoms with Gasteiger partial charge in [-0.1, -0.05) is 0 Å². The number of hydrogen-bond donors (Lipinski definition) is 2. The predicted molar refractivity (Wildman–Crippen MR) is 79.6 cm³/mol. The minimum absolute atomic E-state index is 0.0892. The van der Waals surface area contributed by atoms with E-state index >= 15 is 0 Å². The Morgan fingerprint density at radius 3 is 3.00 bits per heavy atom. The van der Waals surface area contributed by atoms with Gasteiger partial charge in [-0.3, -0.25) is 9.20 Å². The van der Waals surface area contributed by atoms with Crippen LogP contribution in [0.15, 0.2) is 33.7 Å². The highest BCUT2D eigenvalue weighted by Gasteiger charge is 2.37. The molecule has 0 unspecified atom stereocenters. The molecule has 106 valence electrons. The molecule has 0 spiro atoms. The molecule has 0 bridgehead atoms. The van der Waals surface area contributed by atoms with Crippen LogP contribution in [0, 0.1) is 0 Å². The van der Waals surface area contributed by atoms with Gasteiger partial charge < -0.3 is 10.4 Å². The highest BCUT2D eigenvalue weighted by Crippen LogP contribution is 2.31. The Hall–Kier alpha value is -1.24. The van der Waals surface area contributed by atoms with Crippen LogP contribution in [0.25, 0.3) is 5.65 Å². The summed E-state index contributed by atoms with van der Waals surface area (Å²) in [6.45, 7) is 2.38. The van der Waals surface area contributed by atoms with Crippen LogP contribution in [-0.4, -0.2) is 26.1 Å². The molecule has 3 rings (SSSR count). The number of halogens is 1. The molecule has 1 fully saturated rings. The molecule has 1 aliphatic rings. The molecule has 0 aliphatic heterocycles. The van der Waals surface area contributed by atoms with Crippen molar-refractivity contribution in [1.29, 1.82) is 0 Å². The van der Waals surface area contributed by atoms with Gasteiger partial charge in [-0.15, -0.1) is 0 Å². The molecule has 1 saturated carbocycles. The van der Waals surface area contributed by atoms with Gasteiger partial charge in [0.25, 0.3) is 5.56 Å². The SMILES string of the molecule is C[C@]1(O)C[C@H](NCc2cc(=O)n3cc(Br)ccc3n2)C1. The van der Waals surface area contributed by atoms with Crippen molar-refractivity contribution in [3.8, 4) is 0 Å². The Labute approximate surface area is 124 Å². The van der Waals surface area contributed by atoms with Crippen molar-refractivity contribution in [2.24, 2.45) is 0 Å². The number of hydrogen-bond acceptors (Lipinski definition) is 4. The zero-order valence-electron chi connectivity index (χ0n) is 11.1. The van der Waals surface area contributed by atoms with E-state index in [0.29, 0.717) is 18.2 Å². The summed E-state index contributed by atoms with van der Waals surface area (Å²) in [6, 6.07) is 5.52. The van der Waals surface area contributed by atoms with E-state index in [2.05, 4.69) is 26.2 Å². The van der Waals surface area contributed by atoms with E-state index in [-0.39, 0.29) is 5.56 Å². The van der Waals surface area contributed by atoms with E-state index in [1.54, 1.807) is 12.3 Å². The third-order valence-electron chi connectivity index (χ3n) is 3.62. The van der Waals surface area contributed by atoms with Crippen LogP contribution in [0.1, 0.15) is 25.5 Å². The first-order valence-electron chi connectivity index (χ1n) is 6.57. The fraction of sp³-hybridized carbons (Fsp3) is 0.429. The lowest BCUT2D eigenvalue weighted by molar-refractivity contribution is -0.0394. The van der Waals surface area contributed by atoms with Crippen LogP contribution in [0.2, 0.25) is 0 Å². The summed E-state index contributed by atoms with van der Waals surface area (Å²) in [5.41, 5.74) is 0.732. The molecule has 2 aromatic rings. The normalized spacial score (nSPS) is 25.6. The Balaban J connectivity index is 1.76. The second kappa shape index (κ2) is 4.95. The molecule has 6 heteroatoms. The van der Waals surface area contributed by atoms with Gasteiger partial charge >= 0.3 is 0 Å². The van der Waals surface area contributed by atoms with Crippen molar-refractivity contribution in [2.75, 3.05) is 0 Å². The van der Waals surface area contributed by atoms with Gasteiger partial charge in [-0.25, -0.2) is 4.98 Å². The first-order chi connectivity index (χ1) is 9.43. The van der Waals surface area contributed by atoms with Gasteiger partial charge in [-0.05, 0) is 47.8 Å². The van der Waals surface area contributed by atoms with E-state index in [1.165, 1.54) is 4.40 Å². The van der Waals surface area contributed by atoms with Crippen molar-refractivity contribution < 1.29 is 5.11 Å². The fourth-order valence-corrected chi connectivity index (χ4v) is 2.95. The largest absolute Gasteiger partial charge is 0.390 e. The first-order valence-corrected chi connectivity index (χ1v) is 7.36. The van der Waals surface area contributed by atoms with Crippen molar-refractivity contribution in [2.45, 2.75) is 38.0 Å². The number of fused-ring (bicyclic) bond motifs is 1. The molecule has 0 atom stereocenters. The van der Waals surface area contributed by atoms with Crippen LogP contribution in [0.4, 0.5) is 0 Å². The minimum atomic E-state index is -0.541. The second-order valence-corrected chi connectivity index (χ2v) is 6.56. The molecule has 20 heavy (non-hydrogen) atoms. The summed E-state index contributed by atoms with van der Waals surface area (Å²) in [5.74, 6) is 0. The van der Waals surface area contributed by atoms with Crippen LogP contribution in [-0.2, 0) is 6.54 Å². The molecule has 0 amide bonds. The third-order valence-corrected chi connectivity index (χ3v) is 4.09. The zero-order valence-corrected chi connectivity index (χ0v) is 12.7. The summed E-state index contributed by atoms with van der Waals surface area (Å²) in [4.78, 5) is 16.5. The average molecular weight is 338 g/mol. The third kappa shape index (κ3) is 2.77. The Kier molecular flexibility index (Phi) is 3.40. The Morgan fingerprint density at radius 1 is 1.55 bits per heavy atom. The van der Waals surface area contributed by atoms with Crippen molar-refractivity contribution >= 4 is 21.6 Å². The van der Waals surface area contributed by atoms with E-state index in [0.717, 1.165) is 23.0 Å². The van der Waals surface area contributed by atoms with Gasteiger partial charge in [0.2, 0.25) is 0 Å². The second-order valence-electron chi connectivity index (χ2n) is 5.64. The topological polar surface area (TPSA) is 66.6 Å². The predicted octanol–water partition coefficient (Wildman–Crippen LogP) is 1.46. The summed E-state index contributed by atoms with van der Waals surface area (Å²) in [5, 5.41) is 13.0. The van der Waals surface area contributed by atoms with Gasteiger partial charge in [-0.2, -0.15) is 0 Å². The molecule has 0 aromatic carbocycles. The number of nitrogens with zero attached hydrogens (tertiary/aromatic N) is 2. The smallest absolute Gasteiger partial charge is 0.258 e. The van der Waals surface area contributed by atoms with Gasteiger partial charge in [0.15, 0.2) is 0 Å². The number of aliphatic hydroxyl groups is 1. The maximum atomic E-state index is 12.0. The van der Waals surface area contributed by atoms with E-state index in [4.69, 9.17) is 0 Å². The standard InChI is InChI=1S/C14H16BrN3O2/c1-14(20)5-11(6-14)16-7-10-4-13(19)18-8-9(15)2-3-12(18)17-10/h2-4,8,11,16,20H,5-7H2,1H3/t11-,14-. The summed E-state index contributed by atoms with van der Waals surface area (Å²) < 4.78 is 2.36. The van der Waals surface area contributed by atoms with Crippen LogP contribution in [0.3, 0.4) is 0 Å². The lowest BCUT2D eigenvalue weighted by atomic mass is 9.77. The number of nitrogens with one attached hydrogen (secondary N) is 1. The minimum Gasteiger partial charge on any atom is -0.390 e. The maximum absolute atomic E-state index is 12.0. The van der Waals surface area contributed by atoms with Gasteiger partial charge in [0, 0.05) is 29.3 Å². The van der Waals surface area contributed by atoms with Gasteiger partial charge in [0.1, 0.15) is 5.65 Å². The molecule has 5 nitrogen and oxygen atoms in total. The monoisotopic (exact) mass is 337 g/mol. The fourth-order valence-electron chi connectivity index (χ4n) is 2.61. The van der Waals surface area contributed by atoms with Crippen molar-refractivity contribution in [1.82, 2.24) is 14.7 Å². The maximum Gasteiger partial charge on any atom is 0.258 e.